The molecule has 1 radical (unpaired) electrons. The first-order chi connectivity index (χ1) is 10.3. The molecule has 1 heterocycles. The molecule has 1 aliphatic heterocycles. The third-order valence-electron chi connectivity index (χ3n) is 3.50. The van der Waals surface area contributed by atoms with Crippen LogP contribution in [0.1, 0.15) is 65.2 Å². The molecule has 1 rings (SSSR count). The summed E-state index contributed by atoms with van der Waals surface area (Å²) >= 11 is 0. The molecule has 0 fully saturated rings. The summed E-state index contributed by atoms with van der Waals surface area (Å²) in [6, 6.07) is 0. The van der Waals surface area contributed by atoms with Crippen LogP contribution in [0.25, 0.3) is 0 Å². The van der Waals surface area contributed by atoms with Crippen LogP contribution >= 0.6 is 0 Å². The van der Waals surface area contributed by atoms with Crippen molar-refractivity contribution in [2.24, 2.45) is 0 Å². The summed E-state index contributed by atoms with van der Waals surface area (Å²) in [7, 11) is 0. The molecule has 0 bridgehead atoms. The Labute approximate surface area is 142 Å². The van der Waals surface area contributed by atoms with Crippen LogP contribution in [0, 0.1) is 6.67 Å². The van der Waals surface area contributed by atoms with Gasteiger partial charge in [-0.05, 0) is 12.8 Å². The van der Waals surface area contributed by atoms with Crippen molar-refractivity contribution >= 4 is 5.97 Å². The lowest BCUT2D eigenvalue weighted by Crippen LogP contribution is -3.00. The first-order valence-corrected chi connectivity index (χ1v) is 8.39. The Kier molecular flexibility index (Phi) is 13.0. The molecular weight excluding hydrogens is 300 g/mol. The van der Waals surface area contributed by atoms with Crippen molar-refractivity contribution in [3.8, 4) is 0 Å². The molecule has 0 saturated carbocycles. The van der Waals surface area contributed by atoms with E-state index in [0.717, 1.165) is 32.2 Å². The van der Waals surface area contributed by atoms with Crippen molar-refractivity contribution in [3.05, 3.63) is 19.1 Å². The maximum atomic E-state index is 11.7. The normalized spacial score (nSPS) is 13.0. The Morgan fingerprint density at radius 3 is 2.32 bits per heavy atom. The zero-order valence-corrected chi connectivity index (χ0v) is 14.8. The topological polar surface area (TPSA) is 32.8 Å². The van der Waals surface area contributed by atoms with E-state index in [4.69, 9.17) is 4.74 Å². The van der Waals surface area contributed by atoms with Gasteiger partial charge in [-0.1, -0.05) is 52.4 Å². The quantitative estimate of drug-likeness (QED) is 0.301. The number of ether oxygens (including phenoxy) is 1. The second-order valence-corrected chi connectivity index (χ2v) is 5.56. The number of carbonyl (C=O) groups is 1. The van der Waals surface area contributed by atoms with Gasteiger partial charge >= 0.3 is 12.6 Å². The maximum absolute atomic E-state index is 11.7. The van der Waals surface area contributed by atoms with Crippen LogP contribution in [0.15, 0.2) is 12.4 Å². The number of halogens is 1. The highest BCUT2D eigenvalue weighted by molar-refractivity contribution is 5.72. The van der Waals surface area contributed by atoms with Gasteiger partial charge in [-0.15, -0.1) is 9.80 Å². The average molecular weight is 330 g/mol. The van der Waals surface area contributed by atoms with E-state index in [2.05, 4.69) is 20.5 Å². The third-order valence-corrected chi connectivity index (χ3v) is 3.50. The number of esters is 1. The monoisotopic (exact) mass is 329 g/mol. The molecule has 0 aliphatic carbocycles. The number of hydrogen-bond donors (Lipinski definition) is 0. The number of unbranched alkanes of at least 4 members (excludes halogenated alkanes) is 6. The molecule has 127 valence electrons. The Morgan fingerprint density at radius 1 is 0.955 bits per heavy atom. The molecule has 0 N–H and O–H groups in total. The van der Waals surface area contributed by atoms with E-state index in [1.54, 1.807) is 4.90 Å². The van der Waals surface area contributed by atoms with Crippen LogP contribution in [0.2, 0.25) is 0 Å². The minimum Gasteiger partial charge on any atom is -1.00 e. The van der Waals surface area contributed by atoms with Crippen LogP contribution in [0.5, 0.6) is 0 Å². The molecule has 0 amide bonds. The molecule has 0 aromatic carbocycles. The summed E-state index contributed by atoms with van der Waals surface area (Å²) < 4.78 is 5.25. The van der Waals surface area contributed by atoms with Crippen molar-refractivity contribution in [1.82, 2.24) is 9.80 Å². The highest BCUT2D eigenvalue weighted by Gasteiger charge is 2.32. The zero-order chi connectivity index (χ0) is 15.3. The van der Waals surface area contributed by atoms with Gasteiger partial charge in [-0.25, -0.2) is 4.79 Å². The van der Waals surface area contributed by atoms with Crippen LogP contribution < -0.4 is 12.4 Å². The Bertz CT molecular complexity index is 311. The van der Waals surface area contributed by atoms with E-state index < -0.39 is 0 Å². The molecule has 0 unspecified atom stereocenters. The van der Waals surface area contributed by atoms with E-state index in [-0.39, 0.29) is 24.9 Å². The van der Waals surface area contributed by atoms with Gasteiger partial charge in [-0.3, -0.25) is 0 Å². The van der Waals surface area contributed by atoms with Gasteiger partial charge in [0.15, 0.2) is 6.54 Å². The number of hydrogen-bond acceptors (Lipinski definition) is 4. The van der Waals surface area contributed by atoms with E-state index in [0.29, 0.717) is 6.61 Å². The summed E-state index contributed by atoms with van der Waals surface area (Å²) in [5.41, 5.74) is 0. The van der Waals surface area contributed by atoms with E-state index in [1.165, 1.54) is 25.7 Å². The minimum absolute atomic E-state index is 0. The van der Waals surface area contributed by atoms with Crippen LogP contribution in [-0.2, 0) is 9.53 Å². The second kappa shape index (κ2) is 13.6. The largest absolute Gasteiger partial charge is 1.00 e. The summed E-state index contributed by atoms with van der Waals surface area (Å²) in [4.78, 5) is 15.5. The number of carbonyl (C=O) groups excluding carboxylic acids is 1. The van der Waals surface area contributed by atoms with Gasteiger partial charge in [0.1, 0.15) is 0 Å². The van der Waals surface area contributed by atoms with Gasteiger partial charge in [0.25, 0.3) is 0 Å². The lowest BCUT2D eigenvalue weighted by molar-refractivity contribution is -0.144. The number of rotatable bonds is 12. The van der Waals surface area contributed by atoms with Gasteiger partial charge in [0, 0.05) is 0 Å². The van der Waals surface area contributed by atoms with Crippen LogP contribution in [0.3, 0.4) is 0 Å². The predicted molar refractivity (Wildman–Crippen MR) is 85.0 cm³/mol. The molecular formula is C17H30ClN2O2. The first kappa shape index (κ1) is 21.0. The molecule has 0 aromatic heterocycles. The van der Waals surface area contributed by atoms with Crippen molar-refractivity contribution in [2.75, 3.05) is 19.7 Å². The SMILES string of the molecule is CCCCCCCCOC(=O)CN1[C+]N(CCCC)C=C1.[Cl-]. The van der Waals surface area contributed by atoms with Crippen molar-refractivity contribution in [2.45, 2.75) is 65.2 Å². The average Bonchev–Trinajstić information content (AvgIpc) is 2.91. The van der Waals surface area contributed by atoms with E-state index in [9.17, 15) is 4.79 Å². The van der Waals surface area contributed by atoms with Gasteiger partial charge in [-0.2, -0.15) is 0 Å². The molecule has 0 saturated heterocycles. The Hall–Kier alpha value is -1.03. The zero-order valence-electron chi connectivity index (χ0n) is 14.0. The molecule has 5 heteroatoms. The fraction of sp³-hybridized carbons (Fsp3) is 0.765. The Morgan fingerprint density at radius 2 is 1.59 bits per heavy atom. The van der Waals surface area contributed by atoms with Gasteiger partial charge < -0.3 is 17.1 Å². The van der Waals surface area contributed by atoms with E-state index in [1.807, 2.05) is 17.3 Å². The fourth-order valence-corrected chi connectivity index (χ4v) is 2.19. The maximum Gasteiger partial charge on any atom is 0.564 e. The minimum atomic E-state index is -0.168. The molecule has 4 nitrogen and oxygen atoms in total. The van der Waals surface area contributed by atoms with E-state index >= 15 is 0 Å². The van der Waals surface area contributed by atoms with Crippen LogP contribution in [-0.4, -0.2) is 35.5 Å². The van der Waals surface area contributed by atoms with Gasteiger partial charge in [0.05, 0.1) is 25.6 Å². The third kappa shape index (κ3) is 9.82. The highest BCUT2D eigenvalue weighted by atomic mass is 35.5. The lowest BCUT2D eigenvalue weighted by Gasteiger charge is -2.06. The summed E-state index contributed by atoms with van der Waals surface area (Å²) in [5, 5.41) is 0. The first-order valence-electron chi connectivity index (χ1n) is 8.39. The smallest absolute Gasteiger partial charge is 0.564 e. The molecule has 1 aliphatic rings. The predicted octanol–water partition coefficient (Wildman–Crippen LogP) is 0.779. The standard InChI is InChI=1S/C17H30N2O2.ClH/c1-3-5-7-8-9-10-14-21-17(20)15-19-13-12-18(16-19)11-6-4-2;/h12-13H,3-11,14-15H2,1-2H3;1H/q+1;/p-1. The molecule has 22 heavy (non-hydrogen) atoms. The fourth-order valence-electron chi connectivity index (χ4n) is 2.19. The summed E-state index contributed by atoms with van der Waals surface area (Å²) in [6.45, 7) is 9.27. The number of nitrogens with zero attached hydrogens (tertiary/aromatic N) is 2. The highest BCUT2D eigenvalue weighted by Crippen LogP contribution is 2.12. The second-order valence-electron chi connectivity index (χ2n) is 5.56. The van der Waals surface area contributed by atoms with Crippen molar-refractivity contribution in [1.29, 1.82) is 0 Å². The summed E-state index contributed by atoms with van der Waals surface area (Å²) in [5.74, 6) is -0.168. The molecule has 0 aromatic rings. The summed E-state index contributed by atoms with van der Waals surface area (Å²) in [6.07, 6.45) is 13.4. The lowest BCUT2D eigenvalue weighted by atomic mass is 10.1. The van der Waals surface area contributed by atoms with Crippen molar-refractivity contribution in [3.63, 3.8) is 0 Å². The molecule has 0 spiro atoms. The Balaban J connectivity index is 0.00000441. The van der Waals surface area contributed by atoms with Crippen molar-refractivity contribution < 1.29 is 21.9 Å². The molecule has 0 atom stereocenters. The van der Waals surface area contributed by atoms with Gasteiger partial charge in [0.2, 0.25) is 0 Å². The van der Waals surface area contributed by atoms with Crippen LogP contribution in [0.4, 0.5) is 0 Å².